The van der Waals surface area contributed by atoms with Gasteiger partial charge in [-0.1, -0.05) is 12.1 Å². The maximum absolute atomic E-state index is 11.8. The van der Waals surface area contributed by atoms with Gasteiger partial charge in [0.25, 0.3) is 0 Å². The number of benzene rings is 1. The summed E-state index contributed by atoms with van der Waals surface area (Å²) in [6.45, 7) is -0.0954. The van der Waals surface area contributed by atoms with Crippen LogP contribution in [0, 0.1) is 0 Å². The molecule has 1 amide bonds. The molecule has 21 heavy (non-hydrogen) atoms. The molecule has 1 aliphatic rings. The van der Waals surface area contributed by atoms with Crippen LogP contribution in [0.3, 0.4) is 0 Å². The third-order valence-corrected chi connectivity index (χ3v) is 3.63. The second-order valence-electron chi connectivity index (χ2n) is 5.27. The Morgan fingerprint density at radius 1 is 1.29 bits per heavy atom. The molecule has 2 rings (SSSR count). The van der Waals surface area contributed by atoms with E-state index in [0.29, 0.717) is 5.69 Å². The molecule has 4 atom stereocenters. The average Bonchev–Trinajstić information content (AvgIpc) is 2.72. The van der Waals surface area contributed by atoms with E-state index in [2.05, 4.69) is 10.6 Å². The van der Waals surface area contributed by atoms with Gasteiger partial charge in [-0.25, -0.2) is 0 Å². The van der Waals surface area contributed by atoms with Gasteiger partial charge < -0.3 is 31.7 Å². The van der Waals surface area contributed by atoms with Gasteiger partial charge in [-0.2, -0.15) is 0 Å². The van der Waals surface area contributed by atoms with Crippen LogP contribution in [-0.2, 0) is 11.2 Å². The van der Waals surface area contributed by atoms with Crippen LogP contribution in [0.25, 0.3) is 0 Å². The van der Waals surface area contributed by atoms with Crippen LogP contribution in [0.1, 0.15) is 5.56 Å². The molecule has 0 unspecified atom stereocenters. The van der Waals surface area contributed by atoms with Gasteiger partial charge in [0.15, 0.2) is 0 Å². The summed E-state index contributed by atoms with van der Waals surface area (Å²) in [6, 6.07) is 6.01. The number of aliphatic hydroxyl groups is 3. The van der Waals surface area contributed by atoms with Crippen molar-refractivity contribution >= 4 is 11.6 Å². The lowest BCUT2D eigenvalue weighted by Crippen LogP contribution is -2.44. The molecule has 0 spiro atoms. The summed E-state index contributed by atoms with van der Waals surface area (Å²) < 4.78 is 0. The van der Waals surface area contributed by atoms with Crippen LogP contribution >= 0.6 is 0 Å². The fourth-order valence-corrected chi connectivity index (χ4v) is 2.46. The Morgan fingerprint density at radius 3 is 2.62 bits per heavy atom. The minimum Gasteiger partial charge on any atom is -0.399 e. The Labute approximate surface area is 122 Å². The van der Waals surface area contributed by atoms with Gasteiger partial charge in [-0.05, 0) is 17.7 Å². The second-order valence-corrected chi connectivity index (χ2v) is 5.27. The second kappa shape index (κ2) is 6.86. The van der Waals surface area contributed by atoms with E-state index in [1.807, 2.05) is 6.07 Å². The molecule has 7 heteroatoms. The van der Waals surface area contributed by atoms with E-state index in [1.165, 1.54) is 0 Å². The number of hydrogen-bond acceptors (Lipinski definition) is 6. The number of hydrogen-bond donors (Lipinski definition) is 6. The Hall–Kier alpha value is -1.67. The summed E-state index contributed by atoms with van der Waals surface area (Å²) in [4.78, 5) is 11.8. The van der Waals surface area contributed by atoms with Crippen molar-refractivity contribution in [2.24, 2.45) is 0 Å². The van der Waals surface area contributed by atoms with Crippen LogP contribution in [-0.4, -0.2) is 58.7 Å². The number of anilines is 1. The molecule has 0 bridgehead atoms. The molecule has 1 aromatic rings. The lowest BCUT2D eigenvalue weighted by molar-refractivity contribution is -0.120. The fraction of sp³-hybridized carbons (Fsp3) is 0.500. The molecule has 116 valence electrons. The maximum atomic E-state index is 11.8. The Bertz CT molecular complexity index is 497. The highest BCUT2D eigenvalue weighted by atomic mass is 16.3. The summed E-state index contributed by atoms with van der Waals surface area (Å²) in [6.07, 6.45) is -1.86. The van der Waals surface area contributed by atoms with Gasteiger partial charge in [0, 0.05) is 12.2 Å². The summed E-state index contributed by atoms with van der Waals surface area (Å²) in [7, 11) is 0. The zero-order chi connectivity index (χ0) is 15.4. The number of aliphatic hydroxyl groups excluding tert-OH is 3. The number of nitrogens with one attached hydrogen (secondary N) is 2. The first-order valence-corrected chi connectivity index (χ1v) is 6.85. The highest BCUT2D eigenvalue weighted by Gasteiger charge is 2.40. The highest BCUT2D eigenvalue weighted by molar-refractivity contribution is 5.78. The number of rotatable bonds is 5. The first kappa shape index (κ1) is 15.7. The van der Waals surface area contributed by atoms with Gasteiger partial charge >= 0.3 is 0 Å². The molecule has 1 saturated heterocycles. The molecule has 0 saturated carbocycles. The lowest BCUT2D eigenvalue weighted by atomic mass is 10.1. The number of nitrogen functional groups attached to an aromatic ring is 1. The molecule has 7 nitrogen and oxygen atoms in total. The normalized spacial score (nSPS) is 28.5. The van der Waals surface area contributed by atoms with Crippen molar-refractivity contribution in [3.63, 3.8) is 0 Å². The van der Waals surface area contributed by atoms with E-state index >= 15 is 0 Å². The SMILES string of the molecule is Nc1cccc(CC(=O)NC[C@H]2N[C@H](CO)[C@H](O)[C@@H]2O)c1. The first-order valence-electron chi connectivity index (χ1n) is 6.85. The van der Waals surface area contributed by atoms with E-state index in [1.54, 1.807) is 18.2 Å². The summed E-state index contributed by atoms with van der Waals surface area (Å²) in [5.41, 5.74) is 7.05. The molecular weight excluding hydrogens is 274 g/mol. The maximum Gasteiger partial charge on any atom is 0.224 e. The van der Waals surface area contributed by atoms with Gasteiger partial charge in [-0.3, -0.25) is 4.79 Å². The van der Waals surface area contributed by atoms with Gasteiger partial charge in [0.1, 0.15) is 0 Å². The summed E-state index contributed by atoms with van der Waals surface area (Å²) >= 11 is 0. The third kappa shape index (κ3) is 3.92. The fourth-order valence-electron chi connectivity index (χ4n) is 2.46. The van der Waals surface area contributed by atoms with Crippen LogP contribution in [0.5, 0.6) is 0 Å². The monoisotopic (exact) mass is 295 g/mol. The van der Waals surface area contributed by atoms with E-state index < -0.39 is 24.3 Å². The zero-order valence-corrected chi connectivity index (χ0v) is 11.6. The van der Waals surface area contributed by atoms with E-state index in [4.69, 9.17) is 10.8 Å². The molecular formula is C14H21N3O4. The molecule has 1 heterocycles. The number of amides is 1. The van der Waals surface area contributed by atoms with Gasteiger partial charge in [0.05, 0.1) is 37.3 Å². The van der Waals surface area contributed by atoms with Crippen LogP contribution in [0.4, 0.5) is 5.69 Å². The van der Waals surface area contributed by atoms with Crippen molar-refractivity contribution in [1.29, 1.82) is 0 Å². The van der Waals surface area contributed by atoms with Crippen molar-refractivity contribution in [3.05, 3.63) is 29.8 Å². The molecule has 0 aliphatic carbocycles. The minimum absolute atomic E-state index is 0.176. The Balaban J connectivity index is 1.82. The molecule has 1 aliphatic heterocycles. The number of carbonyl (C=O) groups is 1. The predicted octanol–water partition coefficient (Wildman–Crippen LogP) is -2.02. The molecule has 7 N–H and O–H groups in total. The number of carbonyl (C=O) groups excluding carboxylic acids is 1. The van der Waals surface area contributed by atoms with E-state index in [9.17, 15) is 15.0 Å². The van der Waals surface area contributed by atoms with Crippen LogP contribution in [0.15, 0.2) is 24.3 Å². The van der Waals surface area contributed by atoms with Gasteiger partial charge in [-0.15, -0.1) is 0 Å². The lowest BCUT2D eigenvalue weighted by Gasteiger charge is -2.16. The zero-order valence-electron chi connectivity index (χ0n) is 11.6. The standard InChI is InChI=1S/C14H21N3O4/c15-9-3-1-2-8(4-9)5-12(19)16-6-10-13(20)14(21)11(7-18)17-10/h1-4,10-11,13-14,17-18,20-21H,5-7,15H2,(H,16,19)/t10-,11-,13-,14+/m1/s1. The highest BCUT2D eigenvalue weighted by Crippen LogP contribution is 2.14. The van der Waals surface area contributed by atoms with Crippen LogP contribution < -0.4 is 16.4 Å². The molecule has 0 aromatic heterocycles. The minimum atomic E-state index is -1.04. The Morgan fingerprint density at radius 2 is 2.00 bits per heavy atom. The van der Waals surface area contributed by atoms with Crippen LogP contribution in [0.2, 0.25) is 0 Å². The van der Waals surface area contributed by atoms with E-state index in [-0.39, 0.29) is 25.5 Å². The summed E-state index contributed by atoms with van der Waals surface area (Å²) in [5, 5.41) is 34.1. The molecule has 0 radical (unpaired) electrons. The third-order valence-electron chi connectivity index (χ3n) is 3.63. The van der Waals surface area contributed by atoms with Gasteiger partial charge in [0.2, 0.25) is 5.91 Å². The van der Waals surface area contributed by atoms with E-state index in [0.717, 1.165) is 5.56 Å². The largest absolute Gasteiger partial charge is 0.399 e. The topological polar surface area (TPSA) is 128 Å². The predicted molar refractivity (Wildman–Crippen MR) is 77.4 cm³/mol. The van der Waals surface area contributed by atoms with Crippen molar-refractivity contribution in [2.75, 3.05) is 18.9 Å². The Kier molecular flexibility index (Phi) is 5.13. The average molecular weight is 295 g/mol. The summed E-state index contributed by atoms with van der Waals surface area (Å²) in [5.74, 6) is -0.198. The molecule has 1 fully saturated rings. The quantitative estimate of drug-likeness (QED) is 0.348. The van der Waals surface area contributed by atoms with Crippen molar-refractivity contribution in [1.82, 2.24) is 10.6 Å². The number of nitrogens with two attached hydrogens (primary N) is 1. The molecule has 1 aromatic carbocycles. The van der Waals surface area contributed by atoms with Crippen molar-refractivity contribution in [3.8, 4) is 0 Å². The smallest absolute Gasteiger partial charge is 0.224 e. The first-order chi connectivity index (χ1) is 10.0. The van der Waals surface area contributed by atoms with Crippen molar-refractivity contribution < 1.29 is 20.1 Å². The van der Waals surface area contributed by atoms with Crippen molar-refractivity contribution in [2.45, 2.75) is 30.7 Å².